The van der Waals surface area contributed by atoms with Crippen LogP contribution in [0.5, 0.6) is 0 Å². The number of likely N-dealkylation sites (tertiary alicyclic amines) is 1. The summed E-state index contributed by atoms with van der Waals surface area (Å²) in [5.41, 5.74) is 2.18. The fourth-order valence-corrected chi connectivity index (χ4v) is 4.44. The second-order valence-electron chi connectivity index (χ2n) is 9.28. The molecule has 33 heavy (non-hydrogen) atoms. The third-order valence-electron chi connectivity index (χ3n) is 6.36. The topological polar surface area (TPSA) is 72.5 Å². The molecule has 0 saturated carbocycles. The number of aliphatic hydroxyl groups excluding tert-OH is 1. The molecule has 186 valence electrons. The van der Waals surface area contributed by atoms with Gasteiger partial charge in [-0.1, -0.05) is 19.6 Å². The van der Waals surface area contributed by atoms with Crippen molar-refractivity contribution in [1.29, 1.82) is 0 Å². The molecule has 1 N–H and O–H groups in total. The summed E-state index contributed by atoms with van der Waals surface area (Å²) in [6.07, 6.45) is 2.80. The summed E-state index contributed by atoms with van der Waals surface area (Å²) in [6.45, 7) is 18.3. The first-order valence-corrected chi connectivity index (χ1v) is 11.9. The van der Waals surface area contributed by atoms with Gasteiger partial charge >= 0.3 is 5.69 Å². The van der Waals surface area contributed by atoms with Gasteiger partial charge in [-0.2, -0.15) is 5.10 Å². The molecule has 8 heteroatoms. The maximum atomic E-state index is 14.3. The second-order valence-corrected chi connectivity index (χ2v) is 9.28. The Morgan fingerprint density at radius 2 is 2.06 bits per heavy atom. The SMILES string of the molecule is C=C1CC(OCC(/C(C)=C\C)=C(\F)CC)CC(C)N1CC(O)Cn1nc(C)n(C(C)C)c1=O. The molecular formula is C25H41FN4O3. The van der Waals surface area contributed by atoms with E-state index in [4.69, 9.17) is 4.74 Å². The second kappa shape index (κ2) is 11.8. The van der Waals surface area contributed by atoms with Gasteiger partial charge in [0.2, 0.25) is 0 Å². The highest BCUT2D eigenvalue weighted by molar-refractivity contribution is 5.31. The summed E-state index contributed by atoms with van der Waals surface area (Å²) in [7, 11) is 0. The molecule has 1 aromatic heterocycles. The summed E-state index contributed by atoms with van der Waals surface area (Å²) in [4.78, 5) is 14.6. The number of rotatable bonds is 10. The maximum Gasteiger partial charge on any atom is 0.346 e. The largest absolute Gasteiger partial charge is 0.389 e. The standard InChI is InChI=1S/C25H41FN4O3/c1-9-17(5)23(24(26)10-2)15-33-22-11-18(6)28(19(7)12-22)13-21(31)14-29-25(32)30(16(3)4)20(8)27-29/h9,16,19,21-22,31H,6,10-15H2,1-5,7-8H3/b17-9-,24-23+. The molecular weight excluding hydrogens is 423 g/mol. The quantitative estimate of drug-likeness (QED) is 0.524. The van der Waals surface area contributed by atoms with Crippen molar-refractivity contribution in [3.8, 4) is 0 Å². The number of aryl methyl sites for hydroxylation is 1. The number of aliphatic hydroxyl groups is 1. The van der Waals surface area contributed by atoms with Crippen molar-refractivity contribution in [2.75, 3.05) is 13.2 Å². The molecule has 3 atom stereocenters. The van der Waals surface area contributed by atoms with E-state index in [1.54, 1.807) is 18.4 Å². The molecule has 0 radical (unpaired) electrons. The Balaban J connectivity index is 1.98. The molecule has 0 amide bonds. The van der Waals surface area contributed by atoms with Crippen LogP contribution in [0.4, 0.5) is 4.39 Å². The summed E-state index contributed by atoms with van der Waals surface area (Å²) >= 11 is 0. The lowest BCUT2D eigenvalue weighted by Gasteiger charge is -2.41. The van der Waals surface area contributed by atoms with Crippen molar-refractivity contribution in [3.05, 3.63) is 51.6 Å². The van der Waals surface area contributed by atoms with Crippen LogP contribution in [0, 0.1) is 6.92 Å². The van der Waals surface area contributed by atoms with Crippen LogP contribution in [0.2, 0.25) is 0 Å². The van der Waals surface area contributed by atoms with E-state index in [0.717, 1.165) is 17.7 Å². The number of halogens is 1. The number of hydrogen-bond acceptors (Lipinski definition) is 5. The van der Waals surface area contributed by atoms with Crippen molar-refractivity contribution in [2.45, 2.75) is 98.6 Å². The van der Waals surface area contributed by atoms with Crippen molar-refractivity contribution in [2.24, 2.45) is 0 Å². The molecule has 7 nitrogen and oxygen atoms in total. The Kier molecular flexibility index (Phi) is 9.67. The van der Waals surface area contributed by atoms with Crippen molar-refractivity contribution in [1.82, 2.24) is 19.2 Å². The summed E-state index contributed by atoms with van der Waals surface area (Å²) in [6, 6.07) is 0.115. The van der Waals surface area contributed by atoms with E-state index in [1.807, 2.05) is 33.8 Å². The molecule has 2 rings (SSSR count). The predicted molar refractivity (Wildman–Crippen MR) is 130 cm³/mol. The molecule has 0 bridgehead atoms. The lowest BCUT2D eigenvalue weighted by Crippen LogP contribution is -2.46. The number of ether oxygens (including phenoxy) is 1. The first kappa shape index (κ1) is 27.1. The Labute approximate surface area is 197 Å². The minimum atomic E-state index is -0.764. The number of β-amino-alcohol motifs (C(OH)–C–C–N with tert-alkyl or cyclic N) is 1. The number of nitrogens with zero attached hydrogens (tertiary/aromatic N) is 4. The van der Waals surface area contributed by atoms with Gasteiger partial charge in [-0.3, -0.25) is 4.57 Å². The van der Waals surface area contributed by atoms with E-state index in [1.165, 1.54) is 4.68 Å². The first-order chi connectivity index (χ1) is 15.5. The van der Waals surface area contributed by atoms with Crippen LogP contribution >= 0.6 is 0 Å². The van der Waals surface area contributed by atoms with Crippen molar-refractivity contribution < 1.29 is 14.2 Å². The third kappa shape index (κ3) is 6.67. The monoisotopic (exact) mass is 464 g/mol. The van der Waals surface area contributed by atoms with E-state index in [9.17, 15) is 14.3 Å². The van der Waals surface area contributed by atoms with E-state index in [2.05, 4.69) is 23.5 Å². The number of allylic oxidation sites excluding steroid dienone is 2. The summed E-state index contributed by atoms with van der Waals surface area (Å²) < 4.78 is 23.3. The van der Waals surface area contributed by atoms with E-state index < -0.39 is 6.10 Å². The van der Waals surface area contributed by atoms with Crippen molar-refractivity contribution in [3.63, 3.8) is 0 Å². The molecule has 1 aliphatic rings. The van der Waals surface area contributed by atoms with Crippen LogP contribution in [-0.4, -0.2) is 55.8 Å². The van der Waals surface area contributed by atoms with Gasteiger partial charge in [-0.15, -0.1) is 0 Å². The summed E-state index contributed by atoms with van der Waals surface area (Å²) in [5, 5.41) is 15.0. The van der Waals surface area contributed by atoms with Crippen LogP contribution in [0.25, 0.3) is 0 Å². The van der Waals surface area contributed by atoms with Gasteiger partial charge in [0.1, 0.15) is 11.7 Å². The highest BCUT2D eigenvalue weighted by Crippen LogP contribution is 2.29. The lowest BCUT2D eigenvalue weighted by atomic mass is 9.97. The Bertz CT molecular complexity index is 944. The lowest BCUT2D eigenvalue weighted by molar-refractivity contribution is 0.00392. The Hall–Kier alpha value is -2.19. The molecule has 2 heterocycles. The van der Waals surface area contributed by atoms with Crippen LogP contribution in [0.15, 0.2) is 40.1 Å². The van der Waals surface area contributed by atoms with Gasteiger partial charge in [0.15, 0.2) is 0 Å². The predicted octanol–water partition coefficient (Wildman–Crippen LogP) is 4.28. The normalized spacial score (nSPS) is 21.6. The smallest absolute Gasteiger partial charge is 0.346 e. The zero-order valence-electron chi connectivity index (χ0n) is 21.3. The van der Waals surface area contributed by atoms with E-state index in [-0.39, 0.29) is 42.9 Å². The molecule has 1 fully saturated rings. The average molecular weight is 465 g/mol. The van der Waals surface area contributed by atoms with E-state index in [0.29, 0.717) is 30.8 Å². The van der Waals surface area contributed by atoms with Gasteiger partial charge in [0.25, 0.3) is 0 Å². The van der Waals surface area contributed by atoms with Crippen molar-refractivity contribution >= 4 is 0 Å². The van der Waals surface area contributed by atoms with Gasteiger partial charge < -0.3 is 14.7 Å². The zero-order valence-corrected chi connectivity index (χ0v) is 21.3. The van der Waals surface area contributed by atoms with Crippen LogP contribution in [0.1, 0.15) is 72.7 Å². The van der Waals surface area contributed by atoms with Crippen LogP contribution < -0.4 is 5.69 Å². The molecule has 1 saturated heterocycles. The highest BCUT2D eigenvalue weighted by atomic mass is 19.1. The fourth-order valence-electron chi connectivity index (χ4n) is 4.44. The highest BCUT2D eigenvalue weighted by Gasteiger charge is 2.30. The van der Waals surface area contributed by atoms with Crippen LogP contribution in [0.3, 0.4) is 0 Å². The minimum absolute atomic E-state index is 0.0139. The number of piperidine rings is 1. The maximum absolute atomic E-state index is 14.3. The van der Waals surface area contributed by atoms with Crippen LogP contribution in [-0.2, 0) is 11.3 Å². The molecule has 3 unspecified atom stereocenters. The van der Waals surface area contributed by atoms with E-state index >= 15 is 0 Å². The van der Waals surface area contributed by atoms with Gasteiger partial charge in [0, 0.05) is 36.3 Å². The number of aromatic nitrogens is 3. The summed E-state index contributed by atoms with van der Waals surface area (Å²) in [5.74, 6) is 0.502. The fraction of sp³-hybridized carbons (Fsp3) is 0.680. The third-order valence-corrected chi connectivity index (χ3v) is 6.36. The Morgan fingerprint density at radius 3 is 2.58 bits per heavy atom. The average Bonchev–Trinajstić information content (AvgIpc) is 3.03. The van der Waals surface area contributed by atoms with Gasteiger partial charge in [-0.25, -0.2) is 13.9 Å². The number of hydrogen-bond donors (Lipinski definition) is 1. The molecule has 0 spiro atoms. The molecule has 0 aromatic carbocycles. The Morgan fingerprint density at radius 1 is 1.39 bits per heavy atom. The minimum Gasteiger partial charge on any atom is -0.389 e. The zero-order chi connectivity index (χ0) is 24.9. The van der Waals surface area contributed by atoms with Gasteiger partial charge in [0.05, 0.1) is 25.4 Å². The molecule has 0 aliphatic carbocycles. The van der Waals surface area contributed by atoms with Gasteiger partial charge in [-0.05, 0) is 60.0 Å². The first-order valence-electron chi connectivity index (χ1n) is 11.9. The molecule has 1 aromatic rings. The molecule has 1 aliphatic heterocycles.